The summed E-state index contributed by atoms with van der Waals surface area (Å²) >= 11 is 0. The molecule has 136 valence electrons. The fraction of sp³-hybridized carbons (Fsp3) is 0.250. The van der Waals surface area contributed by atoms with Gasteiger partial charge >= 0.3 is 5.97 Å². The normalized spacial score (nSPS) is 10.4. The molecule has 2 amide bonds. The highest BCUT2D eigenvalue weighted by atomic mass is 16.5. The molecular weight excluding hydrogens is 332 g/mol. The number of esters is 1. The first-order valence-electron chi connectivity index (χ1n) is 8.31. The van der Waals surface area contributed by atoms with Gasteiger partial charge in [0.25, 0.3) is 5.91 Å². The van der Waals surface area contributed by atoms with Crippen LogP contribution < -0.4 is 11.1 Å². The standard InChI is InChI=1S/C20H22N2O4/c1-13(2)11-14-3-5-16(6-4-14)20(25)26-12-18(23)22-17-9-7-15(8-10-17)19(21)24/h3-10,13H,11-12H2,1-2H3,(H2,21,24)(H,22,23). The van der Waals surface area contributed by atoms with Gasteiger partial charge in [0.2, 0.25) is 5.91 Å². The Labute approximate surface area is 152 Å². The Morgan fingerprint density at radius 3 is 2.08 bits per heavy atom. The van der Waals surface area contributed by atoms with Crippen LogP contribution in [0.2, 0.25) is 0 Å². The SMILES string of the molecule is CC(C)Cc1ccc(C(=O)OCC(=O)Nc2ccc(C(N)=O)cc2)cc1. The van der Waals surface area contributed by atoms with Gasteiger partial charge in [-0.25, -0.2) is 4.79 Å². The zero-order valence-electron chi connectivity index (χ0n) is 14.8. The van der Waals surface area contributed by atoms with Gasteiger partial charge in [-0.1, -0.05) is 26.0 Å². The molecule has 0 saturated heterocycles. The Morgan fingerprint density at radius 1 is 0.962 bits per heavy atom. The Kier molecular flexibility index (Phi) is 6.49. The van der Waals surface area contributed by atoms with E-state index < -0.39 is 24.4 Å². The average molecular weight is 354 g/mol. The summed E-state index contributed by atoms with van der Waals surface area (Å²) < 4.78 is 5.02. The Balaban J connectivity index is 1.84. The summed E-state index contributed by atoms with van der Waals surface area (Å²) in [5.41, 5.74) is 7.52. The predicted molar refractivity (Wildman–Crippen MR) is 98.9 cm³/mol. The maximum Gasteiger partial charge on any atom is 0.338 e. The van der Waals surface area contributed by atoms with Crippen LogP contribution in [0, 0.1) is 5.92 Å². The average Bonchev–Trinajstić information content (AvgIpc) is 2.60. The summed E-state index contributed by atoms with van der Waals surface area (Å²) in [4.78, 5) is 34.9. The fourth-order valence-corrected chi connectivity index (χ4v) is 2.38. The van der Waals surface area contributed by atoms with Crippen molar-refractivity contribution in [2.45, 2.75) is 20.3 Å². The smallest absolute Gasteiger partial charge is 0.338 e. The van der Waals surface area contributed by atoms with E-state index >= 15 is 0 Å². The Hall–Kier alpha value is -3.15. The molecule has 0 aliphatic heterocycles. The number of primary amides is 1. The first-order chi connectivity index (χ1) is 12.3. The molecule has 0 bridgehead atoms. The minimum absolute atomic E-state index is 0.343. The van der Waals surface area contributed by atoms with Gasteiger partial charge in [-0.05, 0) is 54.3 Å². The summed E-state index contributed by atoms with van der Waals surface area (Å²) in [6.07, 6.45) is 0.937. The van der Waals surface area contributed by atoms with E-state index in [1.807, 2.05) is 12.1 Å². The van der Waals surface area contributed by atoms with Crippen LogP contribution in [0.4, 0.5) is 5.69 Å². The van der Waals surface area contributed by atoms with Crippen molar-refractivity contribution >= 4 is 23.5 Å². The monoisotopic (exact) mass is 354 g/mol. The highest BCUT2D eigenvalue weighted by Gasteiger charge is 2.11. The Morgan fingerprint density at radius 2 is 1.54 bits per heavy atom. The van der Waals surface area contributed by atoms with Gasteiger partial charge in [-0.2, -0.15) is 0 Å². The minimum atomic E-state index is -0.555. The van der Waals surface area contributed by atoms with Gasteiger partial charge in [-0.3, -0.25) is 9.59 Å². The summed E-state index contributed by atoms with van der Waals surface area (Å²) in [5, 5.41) is 2.58. The molecule has 2 aromatic rings. The highest BCUT2D eigenvalue weighted by molar-refractivity contribution is 5.96. The Bertz CT molecular complexity index is 780. The van der Waals surface area contributed by atoms with E-state index in [0.29, 0.717) is 22.7 Å². The maximum atomic E-state index is 12.0. The van der Waals surface area contributed by atoms with Crippen molar-refractivity contribution in [3.05, 3.63) is 65.2 Å². The molecule has 6 heteroatoms. The number of hydrogen-bond donors (Lipinski definition) is 2. The molecule has 0 aliphatic rings. The quantitative estimate of drug-likeness (QED) is 0.747. The van der Waals surface area contributed by atoms with E-state index in [0.717, 1.165) is 12.0 Å². The minimum Gasteiger partial charge on any atom is -0.452 e. The molecule has 0 aromatic heterocycles. The van der Waals surface area contributed by atoms with E-state index in [1.165, 1.54) is 12.1 Å². The number of carbonyl (C=O) groups is 3. The van der Waals surface area contributed by atoms with E-state index in [2.05, 4.69) is 19.2 Å². The molecule has 0 radical (unpaired) electrons. The van der Waals surface area contributed by atoms with Crippen LogP contribution in [-0.4, -0.2) is 24.4 Å². The highest BCUT2D eigenvalue weighted by Crippen LogP contribution is 2.11. The number of amides is 2. The number of nitrogens with two attached hydrogens (primary N) is 1. The third kappa shape index (κ3) is 5.73. The van der Waals surface area contributed by atoms with Crippen LogP contribution >= 0.6 is 0 Å². The van der Waals surface area contributed by atoms with Crippen molar-refractivity contribution in [3.63, 3.8) is 0 Å². The third-order valence-electron chi connectivity index (χ3n) is 3.62. The van der Waals surface area contributed by atoms with Crippen molar-refractivity contribution in [3.8, 4) is 0 Å². The number of hydrogen-bond acceptors (Lipinski definition) is 4. The maximum absolute atomic E-state index is 12.0. The van der Waals surface area contributed by atoms with Crippen molar-refractivity contribution in [2.24, 2.45) is 11.7 Å². The van der Waals surface area contributed by atoms with E-state index in [4.69, 9.17) is 10.5 Å². The van der Waals surface area contributed by atoms with E-state index in [9.17, 15) is 14.4 Å². The lowest BCUT2D eigenvalue weighted by atomic mass is 10.0. The first-order valence-corrected chi connectivity index (χ1v) is 8.31. The van der Waals surface area contributed by atoms with Crippen LogP contribution in [-0.2, 0) is 16.0 Å². The van der Waals surface area contributed by atoms with Crippen LogP contribution in [0.3, 0.4) is 0 Å². The lowest BCUT2D eigenvalue weighted by Gasteiger charge is -2.08. The summed E-state index contributed by atoms with van der Waals surface area (Å²) in [6, 6.07) is 13.3. The number of anilines is 1. The largest absolute Gasteiger partial charge is 0.452 e. The summed E-state index contributed by atoms with van der Waals surface area (Å²) in [5.74, 6) is -1.04. The number of benzene rings is 2. The van der Waals surface area contributed by atoms with Crippen molar-refractivity contribution in [1.29, 1.82) is 0 Å². The molecule has 0 fully saturated rings. The number of ether oxygens (including phenoxy) is 1. The van der Waals surface area contributed by atoms with Crippen LogP contribution in [0.25, 0.3) is 0 Å². The molecule has 0 heterocycles. The zero-order chi connectivity index (χ0) is 19.1. The van der Waals surface area contributed by atoms with Gasteiger partial charge in [0.1, 0.15) is 0 Å². The fourth-order valence-electron chi connectivity index (χ4n) is 2.38. The molecule has 6 nitrogen and oxygen atoms in total. The molecule has 2 aromatic carbocycles. The molecule has 0 saturated carbocycles. The van der Waals surface area contributed by atoms with Gasteiger partial charge in [0.15, 0.2) is 6.61 Å². The molecule has 0 atom stereocenters. The molecule has 2 rings (SSSR count). The number of nitrogens with one attached hydrogen (secondary N) is 1. The van der Waals surface area contributed by atoms with E-state index in [1.54, 1.807) is 24.3 Å². The second-order valence-corrected chi connectivity index (χ2v) is 6.36. The predicted octanol–water partition coefficient (Wildman–Crippen LogP) is 2.78. The first kappa shape index (κ1) is 19.2. The zero-order valence-corrected chi connectivity index (χ0v) is 14.8. The molecular formula is C20H22N2O4. The van der Waals surface area contributed by atoms with Gasteiger partial charge < -0.3 is 15.8 Å². The molecule has 26 heavy (non-hydrogen) atoms. The van der Waals surface area contributed by atoms with Crippen molar-refractivity contribution in [1.82, 2.24) is 0 Å². The summed E-state index contributed by atoms with van der Waals surface area (Å²) in [7, 11) is 0. The van der Waals surface area contributed by atoms with Gasteiger partial charge in [-0.15, -0.1) is 0 Å². The second-order valence-electron chi connectivity index (χ2n) is 6.36. The molecule has 0 spiro atoms. The van der Waals surface area contributed by atoms with E-state index in [-0.39, 0.29) is 0 Å². The van der Waals surface area contributed by atoms with Crippen molar-refractivity contribution < 1.29 is 19.1 Å². The van der Waals surface area contributed by atoms with Gasteiger partial charge in [0.05, 0.1) is 5.56 Å². The second kappa shape index (κ2) is 8.80. The topological polar surface area (TPSA) is 98.5 Å². The molecule has 3 N–H and O–H groups in total. The van der Waals surface area contributed by atoms with Gasteiger partial charge in [0, 0.05) is 11.3 Å². The van der Waals surface area contributed by atoms with Crippen molar-refractivity contribution in [2.75, 3.05) is 11.9 Å². The lowest BCUT2D eigenvalue weighted by molar-refractivity contribution is -0.119. The molecule has 0 unspecified atom stereocenters. The lowest BCUT2D eigenvalue weighted by Crippen LogP contribution is -2.21. The van der Waals surface area contributed by atoms with Crippen LogP contribution in [0.5, 0.6) is 0 Å². The number of rotatable bonds is 7. The number of carbonyl (C=O) groups excluding carboxylic acids is 3. The summed E-state index contributed by atoms with van der Waals surface area (Å²) in [6.45, 7) is 3.86. The van der Waals surface area contributed by atoms with Crippen LogP contribution in [0.15, 0.2) is 48.5 Å². The third-order valence-corrected chi connectivity index (χ3v) is 3.62. The molecule has 0 aliphatic carbocycles. The van der Waals surface area contributed by atoms with Crippen LogP contribution in [0.1, 0.15) is 40.1 Å².